The van der Waals surface area contributed by atoms with Crippen LogP contribution in [0.4, 0.5) is 4.39 Å². The number of halogens is 1. The van der Waals surface area contributed by atoms with Crippen molar-refractivity contribution in [3.05, 3.63) is 51.9 Å². The molecule has 1 aliphatic rings. The first-order valence-electron chi connectivity index (χ1n) is 12.3. The number of rotatable bonds is 8. The summed E-state index contributed by atoms with van der Waals surface area (Å²) in [5.74, 6) is -0.321. The van der Waals surface area contributed by atoms with E-state index < -0.39 is 6.04 Å². The van der Waals surface area contributed by atoms with E-state index in [1.54, 1.807) is 42.7 Å². The first-order chi connectivity index (χ1) is 17.2. The highest BCUT2D eigenvalue weighted by Gasteiger charge is 2.41. The molecule has 3 heterocycles. The Morgan fingerprint density at radius 1 is 1.19 bits per heavy atom. The van der Waals surface area contributed by atoms with E-state index in [1.807, 2.05) is 41.6 Å². The predicted octanol–water partition coefficient (Wildman–Crippen LogP) is 5.34. The Morgan fingerprint density at radius 3 is 2.67 bits per heavy atom. The molecule has 192 valence electrons. The van der Waals surface area contributed by atoms with E-state index >= 15 is 0 Å². The molecular weight excluding hydrogens is 495 g/mol. The highest BCUT2D eigenvalue weighted by atomic mass is 32.1. The Labute approximate surface area is 219 Å². The number of carbonyl (C=O) groups excluding carboxylic acids is 2. The average Bonchev–Trinajstić information content (AvgIpc) is 3.60. The molecule has 2 N–H and O–H groups in total. The number of likely N-dealkylation sites (N-methyl/N-ethyl adjacent to an activating group) is 1. The van der Waals surface area contributed by atoms with Crippen molar-refractivity contribution in [2.45, 2.75) is 52.2 Å². The second-order valence-corrected chi connectivity index (χ2v) is 11.5. The number of benzene rings is 1. The zero-order valence-corrected chi connectivity index (χ0v) is 22.9. The third-order valence-electron chi connectivity index (χ3n) is 6.85. The van der Waals surface area contributed by atoms with E-state index in [0.717, 1.165) is 33.1 Å². The number of thiophene rings is 1. The van der Waals surface area contributed by atoms with Crippen LogP contribution in [0.25, 0.3) is 21.7 Å². The number of likely N-dealkylation sites (tertiary alicyclic amines) is 1. The maximum Gasteiger partial charge on any atom is 0.246 e. The molecule has 2 aromatic heterocycles. The minimum atomic E-state index is -0.600. The number of aromatic nitrogens is 1. The Balaban J connectivity index is 1.60. The second kappa shape index (κ2) is 11.2. The van der Waals surface area contributed by atoms with Gasteiger partial charge in [0.2, 0.25) is 11.8 Å². The minimum absolute atomic E-state index is 0.0473. The number of nitrogens with zero attached hydrogens (tertiary/aromatic N) is 2. The van der Waals surface area contributed by atoms with Gasteiger partial charge in [0, 0.05) is 17.5 Å². The fourth-order valence-corrected chi connectivity index (χ4v) is 6.60. The monoisotopic (exact) mass is 528 g/mol. The summed E-state index contributed by atoms with van der Waals surface area (Å²) >= 11 is 3.13. The lowest BCUT2D eigenvalue weighted by Gasteiger charge is -2.32. The van der Waals surface area contributed by atoms with Crippen LogP contribution in [0.15, 0.2) is 41.1 Å². The normalized spacial score (nSPS) is 19.5. The molecule has 0 spiro atoms. The number of carbonyl (C=O) groups is 2. The van der Waals surface area contributed by atoms with Crippen LogP contribution in [0, 0.1) is 17.7 Å². The molecule has 0 bridgehead atoms. The molecule has 1 fully saturated rings. The van der Waals surface area contributed by atoms with E-state index in [1.165, 1.54) is 12.1 Å². The van der Waals surface area contributed by atoms with Crippen molar-refractivity contribution in [3.63, 3.8) is 0 Å². The molecule has 1 saturated heterocycles. The van der Waals surface area contributed by atoms with Gasteiger partial charge in [-0.05, 0) is 61.4 Å². The number of thiazole rings is 1. The van der Waals surface area contributed by atoms with E-state index in [-0.39, 0.29) is 41.6 Å². The highest BCUT2D eigenvalue weighted by molar-refractivity contribution is 7.15. The van der Waals surface area contributed by atoms with E-state index in [9.17, 15) is 14.0 Å². The van der Waals surface area contributed by atoms with E-state index in [0.29, 0.717) is 6.54 Å². The zero-order valence-electron chi connectivity index (χ0n) is 21.2. The van der Waals surface area contributed by atoms with Gasteiger partial charge in [0.15, 0.2) is 0 Å². The lowest BCUT2D eigenvalue weighted by Crippen LogP contribution is -2.54. The molecule has 0 saturated carbocycles. The summed E-state index contributed by atoms with van der Waals surface area (Å²) in [7, 11) is 1.72. The first-order valence-corrected chi connectivity index (χ1v) is 14.0. The SMILES string of the molecule is CN[C@@H](C)C(=O)NC(C(=O)N1CC[C@H](C)[C@H]1c1nc(-c2sccc2-c2cccc(F)c2)cs1)C(C)C. The molecule has 1 aliphatic heterocycles. The molecule has 3 aromatic rings. The number of nitrogens with one attached hydrogen (secondary N) is 2. The molecule has 36 heavy (non-hydrogen) atoms. The van der Waals surface area contributed by atoms with Crippen molar-refractivity contribution in [1.29, 1.82) is 0 Å². The molecular formula is C27H33FN4O2S2. The lowest BCUT2D eigenvalue weighted by molar-refractivity contribution is -0.139. The van der Waals surface area contributed by atoms with Crippen LogP contribution < -0.4 is 10.6 Å². The maximum atomic E-state index is 13.9. The largest absolute Gasteiger partial charge is 0.343 e. The number of amides is 2. The fraction of sp³-hybridized carbons (Fsp3) is 0.444. The van der Waals surface area contributed by atoms with Crippen molar-refractivity contribution in [1.82, 2.24) is 20.5 Å². The van der Waals surface area contributed by atoms with Crippen LogP contribution in [-0.2, 0) is 9.59 Å². The summed E-state index contributed by atoms with van der Waals surface area (Å²) in [6.07, 6.45) is 0.880. The van der Waals surface area contributed by atoms with Crippen molar-refractivity contribution in [3.8, 4) is 21.7 Å². The van der Waals surface area contributed by atoms with Crippen molar-refractivity contribution >= 4 is 34.5 Å². The quantitative estimate of drug-likeness (QED) is 0.414. The Hall–Kier alpha value is -2.62. The van der Waals surface area contributed by atoms with Gasteiger partial charge in [-0.25, -0.2) is 9.37 Å². The van der Waals surface area contributed by atoms with Gasteiger partial charge in [-0.1, -0.05) is 32.9 Å². The van der Waals surface area contributed by atoms with Crippen LogP contribution in [0.5, 0.6) is 0 Å². The molecule has 4 rings (SSSR count). The Morgan fingerprint density at radius 2 is 1.97 bits per heavy atom. The summed E-state index contributed by atoms with van der Waals surface area (Å²) in [4.78, 5) is 34.1. The standard InChI is InChI=1S/C27H33FN4O2S2/c1-15(2)22(31-25(33)17(4)29-5)27(34)32-11-9-16(3)23(32)26-30-21(14-36-26)24-20(10-12-35-24)18-7-6-8-19(28)13-18/h6-8,10,12-17,22-23,29H,9,11H2,1-5H3,(H,31,33)/t16-,17-,22?,23-/m0/s1. The van der Waals surface area contributed by atoms with Crippen molar-refractivity contribution < 1.29 is 14.0 Å². The first kappa shape index (κ1) is 26.4. The average molecular weight is 529 g/mol. The Bertz CT molecular complexity index is 1220. The highest BCUT2D eigenvalue weighted by Crippen LogP contribution is 2.42. The van der Waals surface area contributed by atoms with Gasteiger partial charge < -0.3 is 15.5 Å². The van der Waals surface area contributed by atoms with E-state index in [2.05, 4.69) is 17.6 Å². The molecule has 0 radical (unpaired) electrons. The van der Waals surface area contributed by atoms with Crippen LogP contribution in [0.1, 0.15) is 45.2 Å². The van der Waals surface area contributed by atoms with Gasteiger partial charge in [0.25, 0.3) is 0 Å². The number of hydrogen-bond donors (Lipinski definition) is 2. The summed E-state index contributed by atoms with van der Waals surface area (Å²) in [5.41, 5.74) is 2.61. The van der Waals surface area contributed by atoms with Gasteiger partial charge in [0.05, 0.1) is 22.7 Å². The molecule has 6 nitrogen and oxygen atoms in total. The van der Waals surface area contributed by atoms with Gasteiger partial charge >= 0.3 is 0 Å². The summed E-state index contributed by atoms with van der Waals surface area (Å²) in [6, 6.07) is 7.45. The summed E-state index contributed by atoms with van der Waals surface area (Å²) in [5, 5.41) is 10.8. The lowest BCUT2D eigenvalue weighted by atomic mass is 10.00. The van der Waals surface area contributed by atoms with Gasteiger partial charge in [-0.3, -0.25) is 9.59 Å². The van der Waals surface area contributed by atoms with E-state index in [4.69, 9.17) is 4.98 Å². The second-order valence-electron chi connectivity index (χ2n) is 9.73. The zero-order chi connectivity index (χ0) is 26.0. The topological polar surface area (TPSA) is 74.3 Å². The minimum Gasteiger partial charge on any atom is -0.343 e. The summed E-state index contributed by atoms with van der Waals surface area (Å²) < 4.78 is 13.9. The molecule has 2 amide bonds. The smallest absolute Gasteiger partial charge is 0.246 e. The maximum absolute atomic E-state index is 13.9. The van der Waals surface area contributed by atoms with Crippen LogP contribution >= 0.6 is 22.7 Å². The Kier molecular flexibility index (Phi) is 8.22. The summed E-state index contributed by atoms with van der Waals surface area (Å²) in [6.45, 7) is 8.46. The predicted molar refractivity (Wildman–Crippen MR) is 144 cm³/mol. The van der Waals surface area contributed by atoms with Crippen molar-refractivity contribution in [2.24, 2.45) is 11.8 Å². The molecule has 9 heteroatoms. The van der Waals surface area contributed by atoms with Crippen LogP contribution in [0.3, 0.4) is 0 Å². The number of hydrogen-bond acceptors (Lipinski definition) is 6. The van der Waals surface area contributed by atoms with Crippen LogP contribution in [0.2, 0.25) is 0 Å². The molecule has 1 unspecified atom stereocenters. The molecule has 0 aliphatic carbocycles. The molecule has 1 aromatic carbocycles. The van der Waals surface area contributed by atoms with Crippen LogP contribution in [-0.4, -0.2) is 47.4 Å². The third kappa shape index (κ3) is 5.38. The van der Waals surface area contributed by atoms with Gasteiger partial charge in [0.1, 0.15) is 16.9 Å². The third-order valence-corrected chi connectivity index (χ3v) is 8.70. The molecule has 4 atom stereocenters. The van der Waals surface area contributed by atoms with Crippen molar-refractivity contribution in [2.75, 3.05) is 13.6 Å². The van der Waals surface area contributed by atoms with Gasteiger partial charge in [-0.2, -0.15) is 0 Å². The van der Waals surface area contributed by atoms with Gasteiger partial charge in [-0.15, -0.1) is 22.7 Å². The fourth-order valence-electron chi connectivity index (χ4n) is 4.59.